The number of allylic oxidation sites excluding steroid dienone is 1. The third-order valence-electron chi connectivity index (χ3n) is 4.91. The minimum Gasteiger partial charge on any atom is -0.199 e. The van der Waals surface area contributed by atoms with E-state index in [-0.39, 0.29) is 4.90 Å². The van der Waals surface area contributed by atoms with Crippen LogP contribution in [0, 0.1) is 6.92 Å². The van der Waals surface area contributed by atoms with Crippen LogP contribution in [0.25, 0.3) is 6.08 Å². The van der Waals surface area contributed by atoms with E-state index in [4.69, 9.17) is 0 Å². The Morgan fingerprint density at radius 3 is 2.25 bits per heavy atom. The summed E-state index contributed by atoms with van der Waals surface area (Å²) in [6.07, 6.45) is 3.67. The Morgan fingerprint density at radius 1 is 0.821 bits per heavy atom. The second-order valence-electron chi connectivity index (χ2n) is 6.97. The molecule has 0 heterocycles. The summed E-state index contributed by atoms with van der Waals surface area (Å²) in [6.45, 7) is 1.93. The molecule has 140 valence electrons. The highest BCUT2D eigenvalue weighted by Gasteiger charge is 2.23. The summed E-state index contributed by atoms with van der Waals surface area (Å²) in [5.74, 6) is 0. The number of benzene rings is 3. The van der Waals surface area contributed by atoms with Crippen LogP contribution in [-0.4, -0.2) is 14.1 Å². The van der Waals surface area contributed by atoms with Gasteiger partial charge in [0.15, 0.2) is 0 Å². The Labute approximate surface area is 166 Å². The number of hydrogen-bond acceptors (Lipinski definition) is 2. The van der Waals surface area contributed by atoms with Crippen molar-refractivity contribution >= 4 is 21.8 Å². The average molecular weight is 388 g/mol. The van der Waals surface area contributed by atoms with Gasteiger partial charge < -0.3 is 0 Å². The zero-order valence-electron chi connectivity index (χ0n) is 15.7. The molecular weight excluding hydrogens is 366 g/mol. The van der Waals surface area contributed by atoms with Gasteiger partial charge in [-0.3, -0.25) is 0 Å². The molecule has 0 N–H and O–H groups in total. The van der Waals surface area contributed by atoms with Crippen LogP contribution in [0.2, 0.25) is 0 Å². The van der Waals surface area contributed by atoms with Crippen molar-refractivity contribution in [1.29, 1.82) is 0 Å². The third kappa shape index (κ3) is 3.82. The lowest BCUT2D eigenvalue weighted by Gasteiger charge is -2.21. The first-order valence-electron chi connectivity index (χ1n) is 9.29. The number of hydrogen-bond donors (Lipinski definition) is 0. The fraction of sp³-hybridized carbons (Fsp3) is 0.125. The van der Waals surface area contributed by atoms with Crippen molar-refractivity contribution in [2.24, 2.45) is 4.40 Å². The normalized spacial score (nSPS) is 16.9. The molecule has 4 heteroatoms. The summed E-state index contributed by atoms with van der Waals surface area (Å²) in [7, 11) is -3.80. The molecule has 3 aromatic carbocycles. The summed E-state index contributed by atoms with van der Waals surface area (Å²) in [4.78, 5) is 0.215. The first-order valence-corrected chi connectivity index (χ1v) is 10.7. The maximum absolute atomic E-state index is 13.0. The molecule has 1 aliphatic carbocycles. The van der Waals surface area contributed by atoms with Gasteiger partial charge in [-0.25, -0.2) is 0 Å². The van der Waals surface area contributed by atoms with Crippen molar-refractivity contribution in [3.8, 4) is 0 Å². The van der Waals surface area contributed by atoms with Crippen LogP contribution < -0.4 is 0 Å². The van der Waals surface area contributed by atoms with Gasteiger partial charge in [-0.1, -0.05) is 72.3 Å². The lowest BCUT2D eigenvalue weighted by Crippen LogP contribution is -2.17. The quantitative estimate of drug-likeness (QED) is 0.620. The third-order valence-corrected chi connectivity index (χ3v) is 6.20. The summed E-state index contributed by atoms with van der Waals surface area (Å²) >= 11 is 0. The highest BCUT2D eigenvalue weighted by Crippen LogP contribution is 2.29. The maximum atomic E-state index is 13.0. The zero-order valence-corrected chi connectivity index (χ0v) is 16.5. The van der Waals surface area contributed by atoms with Crippen LogP contribution >= 0.6 is 0 Å². The Bertz CT molecular complexity index is 1160. The Morgan fingerprint density at radius 2 is 1.50 bits per heavy atom. The van der Waals surface area contributed by atoms with Gasteiger partial charge in [-0.2, -0.15) is 12.8 Å². The summed E-state index contributed by atoms with van der Waals surface area (Å²) in [5.41, 5.74) is 5.57. The Kier molecular flexibility index (Phi) is 4.97. The molecule has 3 aromatic rings. The molecular formula is C24H21NO2S. The minimum absolute atomic E-state index is 0.215. The largest absolute Gasteiger partial charge is 0.282 e. The molecule has 0 saturated heterocycles. The van der Waals surface area contributed by atoms with Gasteiger partial charge in [0.2, 0.25) is 0 Å². The fourth-order valence-corrected chi connectivity index (χ4v) is 4.45. The molecule has 0 fully saturated rings. The maximum Gasteiger partial charge on any atom is 0.282 e. The molecule has 0 bridgehead atoms. The zero-order chi connectivity index (χ0) is 19.6. The predicted molar refractivity (Wildman–Crippen MR) is 114 cm³/mol. The highest BCUT2D eigenvalue weighted by atomic mass is 32.2. The molecule has 1 aliphatic rings. The van der Waals surface area contributed by atoms with E-state index in [1.54, 1.807) is 24.3 Å². The van der Waals surface area contributed by atoms with Crippen molar-refractivity contribution < 1.29 is 8.42 Å². The van der Waals surface area contributed by atoms with Gasteiger partial charge in [0.05, 0.1) is 10.6 Å². The second kappa shape index (κ2) is 7.56. The monoisotopic (exact) mass is 387 g/mol. The van der Waals surface area contributed by atoms with Crippen LogP contribution in [0.15, 0.2) is 93.7 Å². The molecule has 0 radical (unpaired) electrons. The summed E-state index contributed by atoms with van der Waals surface area (Å²) in [5, 5.41) is 0. The average Bonchev–Trinajstić information content (AvgIpc) is 2.71. The van der Waals surface area contributed by atoms with E-state index in [1.807, 2.05) is 67.6 Å². The standard InChI is InChI=1S/C24H21NO2S/c1-18-11-15-22(16-12-18)28(26,27)25-24-21(17-19-7-3-2-4-8-19)14-13-20-9-5-6-10-23(20)24/h2-12,15-17H,13-14H2,1H3/b21-17+,25-24+. The molecule has 0 spiro atoms. The number of sulfonamides is 1. The first-order chi connectivity index (χ1) is 13.5. The van der Waals surface area contributed by atoms with Gasteiger partial charge >= 0.3 is 0 Å². The molecule has 0 amide bonds. The van der Waals surface area contributed by atoms with E-state index in [9.17, 15) is 8.42 Å². The first kappa shape index (κ1) is 18.4. The van der Waals surface area contributed by atoms with Crippen molar-refractivity contribution in [2.45, 2.75) is 24.7 Å². The molecule has 28 heavy (non-hydrogen) atoms. The summed E-state index contributed by atoms with van der Waals surface area (Å²) in [6, 6.07) is 24.7. The van der Waals surface area contributed by atoms with E-state index < -0.39 is 10.0 Å². The van der Waals surface area contributed by atoms with Crippen LogP contribution in [0.4, 0.5) is 0 Å². The van der Waals surface area contributed by atoms with E-state index >= 15 is 0 Å². The lowest BCUT2D eigenvalue weighted by atomic mass is 9.85. The molecule has 0 unspecified atom stereocenters. The molecule has 3 nitrogen and oxygen atoms in total. The van der Waals surface area contributed by atoms with Crippen LogP contribution in [-0.2, 0) is 16.4 Å². The molecule has 4 rings (SSSR count). The molecule has 0 saturated carbocycles. The molecule has 0 aromatic heterocycles. The van der Waals surface area contributed by atoms with E-state index in [0.29, 0.717) is 5.71 Å². The second-order valence-corrected chi connectivity index (χ2v) is 8.57. The van der Waals surface area contributed by atoms with Gasteiger partial charge in [-0.15, -0.1) is 0 Å². The van der Waals surface area contributed by atoms with Crippen LogP contribution in [0.3, 0.4) is 0 Å². The van der Waals surface area contributed by atoms with Crippen LogP contribution in [0.5, 0.6) is 0 Å². The minimum atomic E-state index is -3.80. The van der Waals surface area contributed by atoms with E-state index in [1.165, 1.54) is 0 Å². The predicted octanol–water partition coefficient (Wildman–Crippen LogP) is 5.20. The van der Waals surface area contributed by atoms with Crippen LogP contribution in [0.1, 0.15) is 28.7 Å². The number of nitrogens with zero attached hydrogens (tertiary/aromatic N) is 1. The van der Waals surface area contributed by atoms with Crippen molar-refractivity contribution in [2.75, 3.05) is 0 Å². The molecule has 0 atom stereocenters. The summed E-state index contributed by atoms with van der Waals surface area (Å²) < 4.78 is 30.3. The molecule has 0 aliphatic heterocycles. The Hall–Kier alpha value is -2.98. The van der Waals surface area contributed by atoms with E-state index in [2.05, 4.69) is 4.40 Å². The van der Waals surface area contributed by atoms with Gasteiger partial charge in [0.25, 0.3) is 10.0 Å². The van der Waals surface area contributed by atoms with Gasteiger partial charge in [0.1, 0.15) is 0 Å². The van der Waals surface area contributed by atoms with Crippen molar-refractivity contribution in [1.82, 2.24) is 0 Å². The van der Waals surface area contributed by atoms with E-state index in [0.717, 1.165) is 40.7 Å². The van der Waals surface area contributed by atoms with Crippen molar-refractivity contribution in [3.05, 3.63) is 107 Å². The van der Waals surface area contributed by atoms with Crippen molar-refractivity contribution in [3.63, 3.8) is 0 Å². The SMILES string of the molecule is Cc1ccc(S(=O)(=O)/N=C2\C(=C\c3ccccc3)CCc3ccccc32)cc1. The van der Waals surface area contributed by atoms with Gasteiger partial charge in [0, 0.05) is 5.56 Å². The van der Waals surface area contributed by atoms with Gasteiger partial charge in [-0.05, 0) is 54.7 Å². The number of rotatable bonds is 3. The Balaban J connectivity index is 1.87. The topological polar surface area (TPSA) is 46.5 Å². The highest BCUT2D eigenvalue weighted by molar-refractivity contribution is 7.90. The fourth-order valence-electron chi connectivity index (χ4n) is 3.41. The number of fused-ring (bicyclic) bond motifs is 1. The smallest absolute Gasteiger partial charge is 0.199 e. The number of aryl methyl sites for hydroxylation is 2. The lowest BCUT2D eigenvalue weighted by molar-refractivity contribution is 0.598.